The summed E-state index contributed by atoms with van der Waals surface area (Å²) >= 11 is 0. The maximum absolute atomic E-state index is 11.1. The third-order valence-corrected chi connectivity index (χ3v) is 2.56. The van der Waals surface area contributed by atoms with Crippen LogP contribution < -0.4 is 11.1 Å². The molecule has 1 aliphatic heterocycles. The van der Waals surface area contributed by atoms with Gasteiger partial charge in [0.05, 0.1) is 13.2 Å². The third kappa shape index (κ3) is 4.48. The molecule has 0 radical (unpaired) electrons. The Labute approximate surface area is 95.1 Å². The van der Waals surface area contributed by atoms with Gasteiger partial charge in [0.25, 0.3) is 0 Å². The molecule has 0 unspecified atom stereocenters. The van der Waals surface area contributed by atoms with E-state index in [1.165, 1.54) is 0 Å². The van der Waals surface area contributed by atoms with Crippen molar-refractivity contribution in [2.24, 2.45) is 5.73 Å². The molecule has 2 amide bonds. The van der Waals surface area contributed by atoms with Gasteiger partial charge >= 0.3 is 6.09 Å². The van der Waals surface area contributed by atoms with Crippen molar-refractivity contribution in [1.29, 1.82) is 0 Å². The summed E-state index contributed by atoms with van der Waals surface area (Å²) in [6.07, 6.45) is 1.29. The molecule has 3 N–H and O–H groups in total. The summed E-state index contributed by atoms with van der Waals surface area (Å²) < 4.78 is 4.80. The number of carbonyl (C=O) groups is 2. The Kier molecular flexibility index (Phi) is 5.04. The van der Waals surface area contributed by atoms with Crippen LogP contribution in [0.25, 0.3) is 0 Å². The van der Waals surface area contributed by atoms with Gasteiger partial charge in [-0.3, -0.25) is 9.69 Å². The summed E-state index contributed by atoms with van der Waals surface area (Å²) in [6.45, 7) is 4.01. The standard InChI is InChI=1S/C10H19N3O3/c1-2-16-10(15)12-8-3-5-13(6-4-8)7-9(11)14/h8H,2-7H2,1H3,(H2,11,14)(H,12,15). The molecule has 0 atom stereocenters. The highest BCUT2D eigenvalue weighted by Gasteiger charge is 2.21. The van der Waals surface area contributed by atoms with Crippen LogP contribution in [0.15, 0.2) is 0 Å². The van der Waals surface area contributed by atoms with E-state index in [9.17, 15) is 9.59 Å². The summed E-state index contributed by atoms with van der Waals surface area (Å²) in [5, 5.41) is 2.79. The lowest BCUT2D eigenvalue weighted by Crippen LogP contribution is -2.46. The van der Waals surface area contributed by atoms with E-state index in [2.05, 4.69) is 5.32 Å². The summed E-state index contributed by atoms with van der Waals surface area (Å²) in [5.74, 6) is -0.309. The summed E-state index contributed by atoms with van der Waals surface area (Å²) in [5.41, 5.74) is 5.11. The lowest BCUT2D eigenvalue weighted by Gasteiger charge is -2.31. The van der Waals surface area contributed by atoms with E-state index in [1.807, 2.05) is 4.90 Å². The monoisotopic (exact) mass is 229 g/mol. The molecule has 1 aliphatic rings. The Morgan fingerprint density at radius 3 is 2.56 bits per heavy atom. The predicted octanol–water partition coefficient (Wildman–Crippen LogP) is -0.318. The van der Waals surface area contributed by atoms with Gasteiger partial charge in [-0.15, -0.1) is 0 Å². The molecule has 0 spiro atoms. The van der Waals surface area contributed by atoms with E-state index in [1.54, 1.807) is 6.92 Å². The molecule has 1 fully saturated rings. The number of nitrogens with one attached hydrogen (secondary N) is 1. The van der Waals surface area contributed by atoms with Gasteiger partial charge < -0.3 is 15.8 Å². The molecule has 1 saturated heterocycles. The maximum Gasteiger partial charge on any atom is 0.407 e. The second-order valence-electron chi connectivity index (χ2n) is 3.88. The number of hydrogen-bond acceptors (Lipinski definition) is 4. The molecule has 0 bridgehead atoms. The van der Waals surface area contributed by atoms with Gasteiger partial charge in [0.2, 0.25) is 5.91 Å². The number of ether oxygens (including phenoxy) is 1. The maximum atomic E-state index is 11.1. The van der Waals surface area contributed by atoms with Gasteiger partial charge in [-0.05, 0) is 19.8 Å². The van der Waals surface area contributed by atoms with Crippen molar-refractivity contribution in [3.63, 3.8) is 0 Å². The first kappa shape index (κ1) is 12.8. The number of amides is 2. The number of primary amides is 1. The number of hydrogen-bond donors (Lipinski definition) is 2. The van der Waals surface area contributed by atoms with Crippen LogP contribution in [0, 0.1) is 0 Å². The number of nitrogens with two attached hydrogens (primary N) is 1. The van der Waals surface area contributed by atoms with Crippen molar-refractivity contribution < 1.29 is 14.3 Å². The first-order valence-corrected chi connectivity index (χ1v) is 5.55. The Morgan fingerprint density at radius 1 is 1.44 bits per heavy atom. The van der Waals surface area contributed by atoms with Crippen LogP contribution in [0.1, 0.15) is 19.8 Å². The van der Waals surface area contributed by atoms with E-state index in [-0.39, 0.29) is 18.0 Å². The van der Waals surface area contributed by atoms with Gasteiger partial charge in [0.15, 0.2) is 0 Å². The molecular formula is C10H19N3O3. The normalized spacial score (nSPS) is 18.1. The minimum Gasteiger partial charge on any atom is -0.450 e. The molecular weight excluding hydrogens is 210 g/mol. The van der Waals surface area contributed by atoms with Crippen LogP contribution in [0.4, 0.5) is 4.79 Å². The molecule has 0 aliphatic carbocycles. The molecule has 0 aromatic heterocycles. The van der Waals surface area contributed by atoms with Crippen molar-refractivity contribution >= 4 is 12.0 Å². The first-order chi connectivity index (χ1) is 7.61. The van der Waals surface area contributed by atoms with E-state index in [0.717, 1.165) is 25.9 Å². The lowest BCUT2D eigenvalue weighted by atomic mass is 10.1. The summed E-state index contributed by atoms with van der Waals surface area (Å²) in [4.78, 5) is 23.8. The lowest BCUT2D eigenvalue weighted by molar-refractivity contribution is -0.119. The average Bonchev–Trinajstić information content (AvgIpc) is 2.20. The van der Waals surface area contributed by atoms with Crippen LogP contribution in [-0.2, 0) is 9.53 Å². The average molecular weight is 229 g/mol. The summed E-state index contributed by atoms with van der Waals surface area (Å²) in [7, 11) is 0. The van der Waals surface area contributed by atoms with Crippen molar-refractivity contribution in [3.8, 4) is 0 Å². The molecule has 6 heteroatoms. The molecule has 0 saturated carbocycles. The molecule has 0 aromatic carbocycles. The van der Waals surface area contributed by atoms with E-state index < -0.39 is 0 Å². The highest BCUT2D eigenvalue weighted by Crippen LogP contribution is 2.09. The number of rotatable bonds is 4. The molecule has 0 aromatic rings. The number of nitrogens with zero attached hydrogens (tertiary/aromatic N) is 1. The van der Waals surface area contributed by atoms with Gasteiger partial charge in [0.1, 0.15) is 0 Å². The van der Waals surface area contributed by atoms with Crippen LogP contribution >= 0.6 is 0 Å². The van der Waals surface area contributed by atoms with E-state index in [4.69, 9.17) is 10.5 Å². The highest BCUT2D eigenvalue weighted by molar-refractivity contribution is 5.75. The van der Waals surface area contributed by atoms with Gasteiger partial charge in [-0.25, -0.2) is 4.79 Å². The van der Waals surface area contributed by atoms with Gasteiger partial charge in [-0.2, -0.15) is 0 Å². The Hall–Kier alpha value is -1.30. The Morgan fingerprint density at radius 2 is 2.06 bits per heavy atom. The Bertz CT molecular complexity index is 250. The predicted molar refractivity (Wildman–Crippen MR) is 58.8 cm³/mol. The van der Waals surface area contributed by atoms with Crippen molar-refractivity contribution in [2.75, 3.05) is 26.2 Å². The van der Waals surface area contributed by atoms with E-state index >= 15 is 0 Å². The second kappa shape index (κ2) is 6.32. The smallest absolute Gasteiger partial charge is 0.407 e. The minimum atomic E-state index is -0.365. The zero-order valence-corrected chi connectivity index (χ0v) is 9.57. The summed E-state index contributed by atoms with van der Waals surface area (Å²) in [6, 6.07) is 0.142. The molecule has 1 heterocycles. The zero-order valence-electron chi connectivity index (χ0n) is 9.57. The molecule has 92 valence electrons. The molecule has 1 rings (SSSR count). The van der Waals surface area contributed by atoms with Crippen molar-refractivity contribution in [2.45, 2.75) is 25.8 Å². The minimum absolute atomic E-state index is 0.142. The SMILES string of the molecule is CCOC(=O)NC1CCN(CC(N)=O)CC1. The van der Waals surface area contributed by atoms with Crippen molar-refractivity contribution in [1.82, 2.24) is 10.2 Å². The van der Waals surface area contributed by atoms with Crippen LogP contribution in [-0.4, -0.2) is 49.2 Å². The fourth-order valence-corrected chi connectivity index (χ4v) is 1.80. The quantitative estimate of drug-likeness (QED) is 0.692. The Balaban J connectivity index is 2.21. The van der Waals surface area contributed by atoms with Crippen LogP contribution in [0.3, 0.4) is 0 Å². The van der Waals surface area contributed by atoms with Gasteiger partial charge in [-0.1, -0.05) is 0 Å². The number of alkyl carbamates (subject to hydrolysis) is 1. The highest BCUT2D eigenvalue weighted by atomic mass is 16.5. The van der Waals surface area contributed by atoms with Crippen molar-refractivity contribution in [3.05, 3.63) is 0 Å². The van der Waals surface area contributed by atoms with Crippen LogP contribution in [0.5, 0.6) is 0 Å². The largest absolute Gasteiger partial charge is 0.450 e. The number of likely N-dealkylation sites (tertiary alicyclic amines) is 1. The fourth-order valence-electron chi connectivity index (χ4n) is 1.80. The second-order valence-corrected chi connectivity index (χ2v) is 3.88. The third-order valence-electron chi connectivity index (χ3n) is 2.56. The first-order valence-electron chi connectivity index (χ1n) is 5.55. The van der Waals surface area contributed by atoms with Crippen LogP contribution in [0.2, 0.25) is 0 Å². The van der Waals surface area contributed by atoms with Gasteiger partial charge in [0, 0.05) is 19.1 Å². The number of carbonyl (C=O) groups excluding carboxylic acids is 2. The molecule has 6 nitrogen and oxygen atoms in total. The fraction of sp³-hybridized carbons (Fsp3) is 0.800. The number of piperidine rings is 1. The van der Waals surface area contributed by atoms with E-state index in [0.29, 0.717) is 13.2 Å². The molecule has 16 heavy (non-hydrogen) atoms. The topological polar surface area (TPSA) is 84.7 Å². The zero-order chi connectivity index (χ0) is 12.0.